The third kappa shape index (κ3) is 3.77. The Hall–Kier alpha value is -1.92. The molecule has 1 unspecified atom stereocenters. The maximum absolute atomic E-state index is 11.8. The van der Waals surface area contributed by atoms with Gasteiger partial charge < -0.3 is 5.32 Å². The number of carbonyl (C=O) groups is 1. The summed E-state index contributed by atoms with van der Waals surface area (Å²) in [4.78, 5) is 22.2. The van der Waals surface area contributed by atoms with Crippen LogP contribution in [0.2, 0.25) is 0 Å². The lowest BCUT2D eigenvalue weighted by Crippen LogP contribution is -2.35. The molecule has 1 amide bonds. The Morgan fingerprint density at radius 1 is 1.53 bits per heavy atom. The van der Waals surface area contributed by atoms with Crippen molar-refractivity contribution in [2.24, 2.45) is 0 Å². The second-order valence-electron chi connectivity index (χ2n) is 4.69. The van der Waals surface area contributed by atoms with Gasteiger partial charge in [-0.05, 0) is 27.2 Å². The van der Waals surface area contributed by atoms with E-state index in [4.69, 9.17) is 0 Å². The predicted molar refractivity (Wildman–Crippen MR) is 70.9 cm³/mol. The number of rotatable bonds is 6. The number of hydrogen-bond donors (Lipinski definition) is 1. The minimum absolute atomic E-state index is 0.00850. The zero-order valence-corrected chi connectivity index (χ0v) is 11.8. The fourth-order valence-corrected chi connectivity index (χ4v) is 2.07. The standard InChI is InChI=1S/C12H20N4O3/c1-5-6-8(2)13-11(17)7-15-10(4)12(16(18)19)9(3)14-15/h8H,5-7H2,1-4H3,(H,13,17). The molecule has 0 aromatic carbocycles. The summed E-state index contributed by atoms with van der Waals surface area (Å²) in [7, 11) is 0. The summed E-state index contributed by atoms with van der Waals surface area (Å²) >= 11 is 0. The van der Waals surface area contributed by atoms with Gasteiger partial charge >= 0.3 is 5.69 Å². The zero-order valence-electron chi connectivity index (χ0n) is 11.8. The number of amides is 1. The van der Waals surface area contributed by atoms with Crippen molar-refractivity contribution in [3.05, 3.63) is 21.5 Å². The Bertz CT molecular complexity index is 482. The van der Waals surface area contributed by atoms with E-state index < -0.39 is 4.92 Å². The Kier molecular flexibility index (Phi) is 5.02. The molecule has 1 aromatic heterocycles. The van der Waals surface area contributed by atoms with Crippen molar-refractivity contribution in [3.63, 3.8) is 0 Å². The fraction of sp³-hybridized carbons (Fsp3) is 0.667. The van der Waals surface area contributed by atoms with Crippen LogP contribution < -0.4 is 5.32 Å². The van der Waals surface area contributed by atoms with E-state index in [-0.39, 0.29) is 24.2 Å². The smallest absolute Gasteiger partial charge is 0.312 e. The molecular formula is C12H20N4O3. The molecule has 0 aliphatic heterocycles. The van der Waals surface area contributed by atoms with Crippen LogP contribution >= 0.6 is 0 Å². The van der Waals surface area contributed by atoms with Crippen LogP contribution in [0.3, 0.4) is 0 Å². The van der Waals surface area contributed by atoms with E-state index in [0.717, 1.165) is 12.8 Å². The van der Waals surface area contributed by atoms with Gasteiger partial charge in [-0.1, -0.05) is 13.3 Å². The van der Waals surface area contributed by atoms with Crippen LogP contribution in [0.4, 0.5) is 5.69 Å². The summed E-state index contributed by atoms with van der Waals surface area (Å²) in [5.74, 6) is -0.179. The number of aromatic nitrogens is 2. The summed E-state index contributed by atoms with van der Waals surface area (Å²) < 4.78 is 1.38. The fourth-order valence-electron chi connectivity index (χ4n) is 2.07. The number of aryl methyl sites for hydroxylation is 1. The van der Waals surface area contributed by atoms with Crippen LogP contribution in [-0.2, 0) is 11.3 Å². The van der Waals surface area contributed by atoms with E-state index >= 15 is 0 Å². The normalized spacial score (nSPS) is 12.2. The van der Waals surface area contributed by atoms with Gasteiger partial charge in [0, 0.05) is 6.04 Å². The summed E-state index contributed by atoms with van der Waals surface area (Å²) in [6.45, 7) is 7.16. The van der Waals surface area contributed by atoms with E-state index in [2.05, 4.69) is 10.4 Å². The van der Waals surface area contributed by atoms with E-state index in [9.17, 15) is 14.9 Å². The first-order valence-electron chi connectivity index (χ1n) is 6.34. The van der Waals surface area contributed by atoms with Gasteiger partial charge in [0.15, 0.2) is 0 Å². The molecule has 0 radical (unpaired) electrons. The first-order chi connectivity index (χ1) is 8.86. The number of carbonyl (C=O) groups excluding carboxylic acids is 1. The molecule has 7 nitrogen and oxygen atoms in total. The van der Waals surface area contributed by atoms with Crippen molar-refractivity contribution < 1.29 is 9.72 Å². The molecule has 19 heavy (non-hydrogen) atoms. The largest absolute Gasteiger partial charge is 0.352 e. The van der Waals surface area contributed by atoms with Gasteiger partial charge in [0.05, 0.1) is 4.92 Å². The van der Waals surface area contributed by atoms with Gasteiger partial charge in [-0.2, -0.15) is 5.10 Å². The van der Waals surface area contributed by atoms with Crippen molar-refractivity contribution in [1.82, 2.24) is 15.1 Å². The second-order valence-corrected chi connectivity index (χ2v) is 4.69. The quantitative estimate of drug-likeness (QED) is 0.628. The lowest BCUT2D eigenvalue weighted by Gasteiger charge is -2.12. The first-order valence-corrected chi connectivity index (χ1v) is 6.34. The van der Waals surface area contributed by atoms with Crippen LogP contribution in [0, 0.1) is 24.0 Å². The molecule has 1 aromatic rings. The molecule has 1 N–H and O–H groups in total. The van der Waals surface area contributed by atoms with Crippen molar-refractivity contribution in [3.8, 4) is 0 Å². The van der Waals surface area contributed by atoms with Crippen molar-refractivity contribution in [2.45, 2.75) is 53.1 Å². The Morgan fingerprint density at radius 2 is 2.16 bits per heavy atom. The topological polar surface area (TPSA) is 90.1 Å². The molecule has 1 rings (SSSR count). The molecule has 0 fully saturated rings. The summed E-state index contributed by atoms with van der Waals surface area (Å²) in [6, 6.07) is 0.101. The van der Waals surface area contributed by atoms with Gasteiger partial charge in [0.25, 0.3) is 0 Å². The summed E-state index contributed by atoms with van der Waals surface area (Å²) in [6.07, 6.45) is 1.90. The van der Waals surface area contributed by atoms with Gasteiger partial charge in [-0.15, -0.1) is 0 Å². The third-order valence-corrected chi connectivity index (χ3v) is 2.95. The van der Waals surface area contributed by atoms with E-state index in [0.29, 0.717) is 11.4 Å². The van der Waals surface area contributed by atoms with Crippen LogP contribution in [0.5, 0.6) is 0 Å². The van der Waals surface area contributed by atoms with Crippen molar-refractivity contribution in [2.75, 3.05) is 0 Å². The second kappa shape index (κ2) is 6.31. The average molecular weight is 268 g/mol. The van der Waals surface area contributed by atoms with Crippen molar-refractivity contribution in [1.29, 1.82) is 0 Å². The van der Waals surface area contributed by atoms with Crippen LogP contribution in [0.25, 0.3) is 0 Å². The molecule has 0 aliphatic rings. The van der Waals surface area contributed by atoms with Crippen molar-refractivity contribution >= 4 is 11.6 Å². The Labute approximate surface area is 112 Å². The highest BCUT2D eigenvalue weighted by Gasteiger charge is 2.22. The highest BCUT2D eigenvalue weighted by molar-refractivity contribution is 5.76. The minimum Gasteiger partial charge on any atom is -0.352 e. The van der Waals surface area contributed by atoms with Crippen LogP contribution in [0.1, 0.15) is 38.1 Å². The van der Waals surface area contributed by atoms with Gasteiger partial charge in [-0.25, -0.2) is 0 Å². The molecule has 0 aliphatic carbocycles. The number of nitrogens with zero attached hydrogens (tertiary/aromatic N) is 3. The van der Waals surface area contributed by atoms with E-state index in [1.165, 1.54) is 4.68 Å². The van der Waals surface area contributed by atoms with Gasteiger partial charge in [0.2, 0.25) is 5.91 Å². The highest BCUT2D eigenvalue weighted by atomic mass is 16.6. The summed E-state index contributed by atoms with van der Waals surface area (Å²) in [5, 5.41) is 17.7. The molecule has 1 atom stereocenters. The maximum atomic E-state index is 11.8. The molecule has 0 saturated carbocycles. The molecule has 7 heteroatoms. The molecular weight excluding hydrogens is 248 g/mol. The average Bonchev–Trinajstić information content (AvgIpc) is 2.53. The molecule has 106 valence electrons. The summed E-state index contributed by atoms with van der Waals surface area (Å²) in [5.41, 5.74) is 0.715. The SMILES string of the molecule is CCCC(C)NC(=O)Cn1nc(C)c([N+](=O)[O-])c1C. The Balaban J connectivity index is 2.75. The van der Waals surface area contributed by atoms with Crippen LogP contribution in [0.15, 0.2) is 0 Å². The lowest BCUT2D eigenvalue weighted by molar-refractivity contribution is -0.386. The number of hydrogen-bond acceptors (Lipinski definition) is 4. The van der Waals surface area contributed by atoms with E-state index in [1.807, 2.05) is 13.8 Å². The highest BCUT2D eigenvalue weighted by Crippen LogP contribution is 2.21. The lowest BCUT2D eigenvalue weighted by atomic mass is 10.2. The maximum Gasteiger partial charge on any atom is 0.312 e. The Morgan fingerprint density at radius 3 is 2.63 bits per heavy atom. The molecule has 1 heterocycles. The first kappa shape index (κ1) is 15.1. The predicted octanol–water partition coefficient (Wildman–Crippen LogP) is 1.71. The third-order valence-electron chi connectivity index (χ3n) is 2.95. The molecule has 0 bridgehead atoms. The van der Waals surface area contributed by atoms with E-state index in [1.54, 1.807) is 13.8 Å². The minimum atomic E-state index is -0.466. The monoisotopic (exact) mass is 268 g/mol. The van der Waals surface area contributed by atoms with Crippen LogP contribution in [-0.4, -0.2) is 26.7 Å². The molecule has 0 saturated heterocycles. The zero-order chi connectivity index (χ0) is 14.6. The number of nitrogens with one attached hydrogen (secondary N) is 1. The number of nitro groups is 1. The molecule has 0 spiro atoms. The van der Waals surface area contributed by atoms with Gasteiger partial charge in [0.1, 0.15) is 17.9 Å². The van der Waals surface area contributed by atoms with Gasteiger partial charge in [-0.3, -0.25) is 19.6 Å².